The van der Waals surface area contributed by atoms with Crippen LogP contribution in [0.2, 0.25) is 0 Å². The van der Waals surface area contributed by atoms with E-state index >= 15 is 0 Å². The minimum absolute atomic E-state index is 0.0864. The summed E-state index contributed by atoms with van der Waals surface area (Å²) in [6.45, 7) is 3.49. The number of allylic oxidation sites excluding steroid dienone is 1. The molecule has 2 fully saturated rings. The quantitative estimate of drug-likeness (QED) is 0.347. The molecule has 4 rings (SSSR count). The van der Waals surface area contributed by atoms with Crippen LogP contribution in [0.25, 0.3) is 16.8 Å². The van der Waals surface area contributed by atoms with Gasteiger partial charge in [-0.2, -0.15) is 13.2 Å². The number of hydrogen-bond donors (Lipinski definition) is 0. The van der Waals surface area contributed by atoms with Crippen LogP contribution < -0.4 is 0 Å². The maximum Gasteiger partial charge on any atom is 0.458 e. The Morgan fingerprint density at radius 1 is 0.941 bits per heavy atom. The van der Waals surface area contributed by atoms with E-state index in [0.29, 0.717) is 30.6 Å². The van der Waals surface area contributed by atoms with Crippen LogP contribution in [0.4, 0.5) is 26.3 Å². The third kappa shape index (κ3) is 5.76. The Hall–Kier alpha value is -2.50. The average Bonchev–Trinajstić information content (AvgIpc) is 2.77. The first kappa shape index (κ1) is 24.6. The molecule has 8 heteroatoms. The molecule has 182 valence electrons. The molecule has 1 aliphatic heterocycles. The molecule has 0 amide bonds. The molecule has 1 heterocycles. The van der Waals surface area contributed by atoms with Gasteiger partial charge in [0.15, 0.2) is 12.1 Å². The Morgan fingerprint density at radius 2 is 1.62 bits per heavy atom. The molecular weight excluding hydrogens is 458 g/mol. The van der Waals surface area contributed by atoms with E-state index in [1.54, 1.807) is 6.08 Å². The van der Waals surface area contributed by atoms with Crippen molar-refractivity contribution in [1.29, 1.82) is 0 Å². The third-order valence-corrected chi connectivity index (χ3v) is 6.28. The smallest absolute Gasteiger partial charge is 0.352 e. The molecule has 2 aromatic carbocycles. The van der Waals surface area contributed by atoms with Crippen LogP contribution in [0.5, 0.6) is 0 Å². The summed E-state index contributed by atoms with van der Waals surface area (Å²) in [5.41, 5.74) is -0.697. The normalized spacial score (nSPS) is 26.0. The molecule has 34 heavy (non-hydrogen) atoms. The van der Waals surface area contributed by atoms with Crippen molar-refractivity contribution in [3.05, 3.63) is 52.9 Å². The second-order valence-electron chi connectivity index (χ2n) is 9.07. The van der Waals surface area contributed by atoms with Gasteiger partial charge in [-0.3, -0.25) is 0 Å². The predicted octanol–water partition coefficient (Wildman–Crippen LogP) is 7.00. The molecule has 0 aromatic heterocycles. The number of fused-ring (bicyclic) bond motifs is 1. The van der Waals surface area contributed by atoms with Crippen molar-refractivity contribution in [2.45, 2.75) is 45.1 Å². The van der Waals surface area contributed by atoms with Gasteiger partial charge < -0.3 is 9.47 Å². The molecule has 1 saturated heterocycles. The molecule has 2 nitrogen and oxygen atoms in total. The molecule has 1 saturated carbocycles. The topological polar surface area (TPSA) is 18.5 Å². The van der Waals surface area contributed by atoms with Crippen molar-refractivity contribution in [2.75, 3.05) is 13.2 Å². The predicted molar refractivity (Wildman–Crippen MR) is 116 cm³/mol. The molecule has 0 bridgehead atoms. The maximum absolute atomic E-state index is 14.6. The highest BCUT2D eigenvalue weighted by Gasteiger charge is 2.31. The van der Waals surface area contributed by atoms with Crippen molar-refractivity contribution in [1.82, 2.24) is 0 Å². The van der Waals surface area contributed by atoms with E-state index < -0.39 is 34.6 Å². The fourth-order valence-electron chi connectivity index (χ4n) is 4.52. The fourth-order valence-corrected chi connectivity index (χ4v) is 4.52. The Labute approximate surface area is 193 Å². The second kappa shape index (κ2) is 10.0. The van der Waals surface area contributed by atoms with Gasteiger partial charge in [0.2, 0.25) is 0 Å². The summed E-state index contributed by atoms with van der Waals surface area (Å²) in [4.78, 5) is 0. The maximum atomic E-state index is 14.6. The van der Waals surface area contributed by atoms with Crippen LogP contribution in [0.15, 0.2) is 24.3 Å². The first-order valence-corrected chi connectivity index (χ1v) is 11.2. The number of halogens is 6. The van der Waals surface area contributed by atoms with E-state index in [4.69, 9.17) is 9.47 Å². The number of rotatable bonds is 3. The van der Waals surface area contributed by atoms with Crippen LogP contribution in [0.3, 0.4) is 0 Å². The van der Waals surface area contributed by atoms with E-state index in [1.807, 2.05) is 6.08 Å². The molecule has 2 aromatic rings. The standard InChI is InChI=1S/C26H24F6O2/c1-15-13-33-25(34-14-15)18-6-4-16(5-7-18)2-3-17-10-19-12-21(27)20(8-9-26(30,31)32)24(29)23(19)22(28)11-17/h2-3,10-12,15-16,18,25H,4-7,13-14H2,1H3/b3-2+. The number of hydrogen-bond acceptors (Lipinski definition) is 2. The van der Waals surface area contributed by atoms with Crippen LogP contribution >= 0.6 is 0 Å². The van der Waals surface area contributed by atoms with Crippen molar-refractivity contribution < 1.29 is 35.8 Å². The molecule has 0 unspecified atom stereocenters. The van der Waals surface area contributed by atoms with Crippen LogP contribution in [0, 0.1) is 47.0 Å². The van der Waals surface area contributed by atoms with Gasteiger partial charge in [-0.25, -0.2) is 13.2 Å². The van der Waals surface area contributed by atoms with E-state index in [-0.39, 0.29) is 17.6 Å². The van der Waals surface area contributed by atoms with Gasteiger partial charge in [-0.05, 0) is 60.7 Å². The number of ether oxygens (including phenoxy) is 2. The first-order valence-electron chi connectivity index (χ1n) is 11.2. The van der Waals surface area contributed by atoms with Crippen molar-refractivity contribution in [3.8, 4) is 11.8 Å². The van der Waals surface area contributed by atoms with E-state index in [1.165, 1.54) is 12.0 Å². The molecule has 0 N–H and O–H groups in total. The van der Waals surface area contributed by atoms with Gasteiger partial charge in [-0.1, -0.05) is 25.0 Å². The lowest BCUT2D eigenvalue weighted by Crippen LogP contribution is -2.37. The zero-order valence-corrected chi connectivity index (χ0v) is 18.5. The van der Waals surface area contributed by atoms with Gasteiger partial charge >= 0.3 is 6.18 Å². The van der Waals surface area contributed by atoms with E-state index in [2.05, 4.69) is 6.92 Å². The largest absolute Gasteiger partial charge is 0.458 e. The lowest BCUT2D eigenvalue weighted by Gasteiger charge is -2.36. The molecular formula is C26H24F6O2. The molecule has 2 aliphatic rings. The highest BCUT2D eigenvalue weighted by molar-refractivity contribution is 5.87. The molecule has 0 spiro atoms. The van der Waals surface area contributed by atoms with Crippen molar-refractivity contribution in [3.63, 3.8) is 0 Å². The summed E-state index contributed by atoms with van der Waals surface area (Å²) in [5.74, 6) is -0.449. The fraction of sp³-hybridized carbons (Fsp3) is 0.462. The van der Waals surface area contributed by atoms with Gasteiger partial charge in [0, 0.05) is 17.8 Å². The summed E-state index contributed by atoms with van der Waals surface area (Å²) >= 11 is 0. The SMILES string of the molecule is CC1COC(C2CCC(/C=C/c3cc(F)c4c(F)c(C#CC(F)(F)F)c(F)cc4c3)CC2)OC1. The summed E-state index contributed by atoms with van der Waals surface area (Å²) < 4.78 is 92.0. The minimum atomic E-state index is -4.92. The second-order valence-corrected chi connectivity index (χ2v) is 9.07. The van der Waals surface area contributed by atoms with Gasteiger partial charge in [0.05, 0.1) is 24.2 Å². The summed E-state index contributed by atoms with van der Waals surface area (Å²) in [6.07, 6.45) is 2.30. The number of alkyl halides is 3. The highest BCUT2D eigenvalue weighted by atomic mass is 19.4. The minimum Gasteiger partial charge on any atom is -0.352 e. The molecule has 1 aliphatic carbocycles. The molecule has 0 radical (unpaired) electrons. The Morgan fingerprint density at radius 3 is 2.26 bits per heavy atom. The first-order chi connectivity index (χ1) is 16.1. The van der Waals surface area contributed by atoms with E-state index in [0.717, 1.165) is 43.7 Å². The summed E-state index contributed by atoms with van der Waals surface area (Å²) in [5, 5.41) is -0.677. The zero-order valence-electron chi connectivity index (χ0n) is 18.5. The van der Waals surface area contributed by atoms with Gasteiger partial charge in [0.1, 0.15) is 11.6 Å². The average molecular weight is 482 g/mol. The highest BCUT2D eigenvalue weighted by Crippen LogP contribution is 2.35. The Kier molecular flexibility index (Phi) is 7.25. The lowest BCUT2D eigenvalue weighted by molar-refractivity contribution is -0.226. The summed E-state index contributed by atoms with van der Waals surface area (Å²) in [6, 6.07) is 3.28. The van der Waals surface area contributed by atoms with Crippen LogP contribution in [0.1, 0.15) is 43.7 Å². The summed E-state index contributed by atoms with van der Waals surface area (Å²) in [7, 11) is 0. The Bertz CT molecular complexity index is 1130. The lowest BCUT2D eigenvalue weighted by atomic mass is 9.81. The zero-order chi connectivity index (χ0) is 24.5. The van der Waals surface area contributed by atoms with Crippen LogP contribution in [-0.4, -0.2) is 25.7 Å². The van der Waals surface area contributed by atoms with Gasteiger partial charge in [0.25, 0.3) is 0 Å². The Balaban J connectivity index is 1.47. The van der Waals surface area contributed by atoms with Crippen molar-refractivity contribution >= 4 is 16.8 Å². The van der Waals surface area contributed by atoms with Crippen LogP contribution in [-0.2, 0) is 9.47 Å². The van der Waals surface area contributed by atoms with Gasteiger partial charge in [-0.15, -0.1) is 0 Å². The molecule has 0 atom stereocenters. The van der Waals surface area contributed by atoms with Crippen molar-refractivity contribution in [2.24, 2.45) is 17.8 Å². The third-order valence-electron chi connectivity index (χ3n) is 6.28. The monoisotopic (exact) mass is 482 g/mol. The number of benzene rings is 2. The van der Waals surface area contributed by atoms with E-state index in [9.17, 15) is 26.3 Å².